The molecule has 3 N–H and O–H groups in total. The Bertz CT molecular complexity index is 1260. The zero-order chi connectivity index (χ0) is 22.1. The summed E-state index contributed by atoms with van der Waals surface area (Å²) in [4.78, 5) is 4.87. The van der Waals surface area contributed by atoms with Crippen LogP contribution in [-0.2, 0) is 20.0 Å². The van der Waals surface area contributed by atoms with Crippen LogP contribution in [0, 0.1) is 0 Å². The molecule has 2 heterocycles. The van der Waals surface area contributed by atoms with E-state index < -0.39 is 20.0 Å². The highest BCUT2D eigenvalue weighted by Crippen LogP contribution is 2.29. The van der Waals surface area contributed by atoms with E-state index in [-0.39, 0.29) is 4.90 Å². The second-order valence-corrected chi connectivity index (χ2v) is 11.6. The molecule has 0 atom stereocenters. The van der Waals surface area contributed by atoms with Gasteiger partial charge in [-0.05, 0) is 49.2 Å². The van der Waals surface area contributed by atoms with E-state index >= 15 is 0 Å². The van der Waals surface area contributed by atoms with Crippen LogP contribution in [0.25, 0.3) is 11.3 Å². The third-order valence-electron chi connectivity index (χ3n) is 5.04. The number of sulfonamides is 2. The number of nitrogens with zero attached hydrogens (tertiary/aromatic N) is 2. The highest BCUT2D eigenvalue weighted by atomic mass is 32.2. The molecule has 0 amide bonds. The summed E-state index contributed by atoms with van der Waals surface area (Å²) < 4.78 is 49.8. The number of thiazole rings is 1. The Hall–Kier alpha value is -2.31. The Kier molecular flexibility index (Phi) is 6.13. The van der Waals surface area contributed by atoms with E-state index in [1.165, 1.54) is 23.5 Å². The molecule has 8 nitrogen and oxygen atoms in total. The van der Waals surface area contributed by atoms with Crippen LogP contribution in [-0.4, -0.2) is 39.2 Å². The Labute approximate surface area is 185 Å². The van der Waals surface area contributed by atoms with Crippen molar-refractivity contribution >= 4 is 42.2 Å². The molecule has 0 unspecified atom stereocenters. The van der Waals surface area contributed by atoms with Crippen molar-refractivity contribution in [2.45, 2.75) is 29.1 Å². The van der Waals surface area contributed by atoms with Crippen LogP contribution < -0.4 is 10.5 Å². The maximum absolute atomic E-state index is 12.8. The molecule has 1 fully saturated rings. The van der Waals surface area contributed by atoms with Crippen molar-refractivity contribution < 1.29 is 16.8 Å². The van der Waals surface area contributed by atoms with Gasteiger partial charge in [-0.15, -0.1) is 11.3 Å². The molecular formula is C20H22N4O4S3. The quantitative estimate of drug-likeness (QED) is 0.560. The van der Waals surface area contributed by atoms with Gasteiger partial charge in [0.25, 0.3) is 0 Å². The minimum Gasteiger partial charge on any atom is -0.332 e. The van der Waals surface area contributed by atoms with Crippen LogP contribution >= 0.6 is 11.3 Å². The number of nitrogens with two attached hydrogens (primary N) is 1. The van der Waals surface area contributed by atoms with Gasteiger partial charge >= 0.3 is 0 Å². The number of rotatable bonds is 6. The number of aromatic nitrogens is 1. The molecule has 0 saturated carbocycles. The number of anilines is 2. The minimum atomic E-state index is -3.73. The van der Waals surface area contributed by atoms with E-state index in [4.69, 9.17) is 5.14 Å². The first-order chi connectivity index (χ1) is 14.7. The number of benzene rings is 2. The number of piperidine rings is 1. The lowest BCUT2D eigenvalue weighted by Crippen LogP contribution is -2.35. The first-order valence-corrected chi connectivity index (χ1v) is 13.6. The summed E-state index contributed by atoms with van der Waals surface area (Å²) in [6, 6.07) is 12.8. The topological polar surface area (TPSA) is 122 Å². The zero-order valence-electron chi connectivity index (χ0n) is 16.6. The molecule has 0 radical (unpaired) electrons. The lowest BCUT2D eigenvalue weighted by molar-refractivity contribution is 0.346. The lowest BCUT2D eigenvalue weighted by Gasteiger charge is -2.25. The molecule has 1 aliphatic rings. The van der Waals surface area contributed by atoms with E-state index in [1.807, 2.05) is 5.38 Å². The maximum Gasteiger partial charge on any atom is 0.243 e. The summed E-state index contributed by atoms with van der Waals surface area (Å²) in [6.45, 7) is 1.15. The van der Waals surface area contributed by atoms with Gasteiger partial charge < -0.3 is 5.32 Å². The molecule has 11 heteroatoms. The molecule has 4 rings (SSSR count). The van der Waals surface area contributed by atoms with Crippen molar-refractivity contribution in [3.05, 3.63) is 53.9 Å². The summed E-state index contributed by atoms with van der Waals surface area (Å²) >= 11 is 1.39. The molecule has 164 valence electrons. The second kappa shape index (κ2) is 8.67. The van der Waals surface area contributed by atoms with Crippen LogP contribution in [0.15, 0.2) is 63.7 Å². The van der Waals surface area contributed by atoms with Crippen LogP contribution in [0.4, 0.5) is 10.8 Å². The fourth-order valence-corrected chi connectivity index (χ4v) is 6.14. The summed E-state index contributed by atoms with van der Waals surface area (Å²) in [5.74, 6) is 0. The van der Waals surface area contributed by atoms with Gasteiger partial charge in [-0.3, -0.25) is 0 Å². The molecule has 0 aliphatic carbocycles. The number of nitrogens with one attached hydrogen (secondary N) is 1. The monoisotopic (exact) mass is 478 g/mol. The second-order valence-electron chi connectivity index (χ2n) is 7.22. The Balaban J connectivity index is 1.48. The normalized spacial score (nSPS) is 15.6. The first-order valence-electron chi connectivity index (χ1n) is 9.69. The van der Waals surface area contributed by atoms with Crippen molar-refractivity contribution in [2.75, 3.05) is 18.4 Å². The zero-order valence-corrected chi connectivity index (χ0v) is 19.0. The smallest absolute Gasteiger partial charge is 0.243 e. The van der Waals surface area contributed by atoms with Gasteiger partial charge in [-0.1, -0.05) is 18.6 Å². The Morgan fingerprint density at radius 3 is 2.10 bits per heavy atom. The van der Waals surface area contributed by atoms with Gasteiger partial charge in [-0.25, -0.2) is 27.0 Å². The van der Waals surface area contributed by atoms with E-state index in [2.05, 4.69) is 10.3 Å². The van der Waals surface area contributed by atoms with E-state index in [0.717, 1.165) is 30.5 Å². The Morgan fingerprint density at radius 1 is 0.871 bits per heavy atom. The Morgan fingerprint density at radius 2 is 1.48 bits per heavy atom. The van der Waals surface area contributed by atoms with Crippen molar-refractivity contribution in [2.24, 2.45) is 5.14 Å². The standard InChI is InChI=1S/C20H22N4O4S3/c21-30(25,26)17-10-6-16(7-11-17)22-20-23-19(14-29-20)15-4-8-18(9-5-15)31(27,28)24-12-2-1-3-13-24/h4-11,14H,1-3,12-13H2,(H,22,23)(H2,21,25,26). The molecule has 0 spiro atoms. The summed E-state index contributed by atoms with van der Waals surface area (Å²) in [7, 11) is -7.19. The van der Waals surface area contributed by atoms with Gasteiger partial charge in [0, 0.05) is 29.7 Å². The molecule has 1 aliphatic heterocycles. The lowest BCUT2D eigenvalue weighted by atomic mass is 10.2. The highest BCUT2D eigenvalue weighted by molar-refractivity contribution is 7.89. The van der Waals surface area contributed by atoms with Crippen LogP contribution in [0.3, 0.4) is 0 Å². The average molecular weight is 479 g/mol. The predicted octanol–water partition coefficient (Wildman–Crippen LogP) is 3.38. The van der Waals surface area contributed by atoms with Gasteiger partial charge in [0.05, 0.1) is 15.5 Å². The third-order valence-corrected chi connectivity index (χ3v) is 8.64. The summed E-state index contributed by atoms with van der Waals surface area (Å²) in [6.07, 6.45) is 2.87. The number of hydrogen-bond donors (Lipinski definition) is 2. The van der Waals surface area contributed by atoms with E-state index in [0.29, 0.717) is 28.8 Å². The van der Waals surface area contributed by atoms with Crippen LogP contribution in [0.5, 0.6) is 0 Å². The number of primary sulfonamides is 1. The molecule has 2 aromatic carbocycles. The van der Waals surface area contributed by atoms with E-state index in [9.17, 15) is 16.8 Å². The molecule has 0 bridgehead atoms. The van der Waals surface area contributed by atoms with E-state index in [1.54, 1.807) is 40.7 Å². The molecule has 1 aromatic heterocycles. The van der Waals surface area contributed by atoms with Crippen LogP contribution in [0.2, 0.25) is 0 Å². The summed E-state index contributed by atoms with van der Waals surface area (Å²) in [5.41, 5.74) is 2.21. The van der Waals surface area contributed by atoms with Crippen molar-refractivity contribution in [1.82, 2.24) is 9.29 Å². The fourth-order valence-electron chi connectivity index (χ4n) is 3.37. The third kappa shape index (κ3) is 4.96. The van der Waals surface area contributed by atoms with Crippen LogP contribution in [0.1, 0.15) is 19.3 Å². The average Bonchev–Trinajstić information content (AvgIpc) is 3.23. The van der Waals surface area contributed by atoms with Crippen molar-refractivity contribution in [3.8, 4) is 11.3 Å². The fraction of sp³-hybridized carbons (Fsp3) is 0.250. The van der Waals surface area contributed by atoms with Gasteiger partial charge in [0.2, 0.25) is 20.0 Å². The summed E-state index contributed by atoms with van der Waals surface area (Å²) in [5, 5.41) is 10.7. The molecular weight excluding hydrogens is 456 g/mol. The van der Waals surface area contributed by atoms with Crippen molar-refractivity contribution in [1.29, 1.82) is 0 Å². The maximum atomic E-state index is 12.8. The SMILES string of the molecule is NS(=O)(=O)c1ccc(Nc2nc(-c3ccc(S(=O)(=O)N4CCCCC4)cc3)cs2)cc1. The molecule has 3 aromatic rings. The molecule has 31 heavy (non-hydrogen) atoms. The number of hydrogen-bond acceptors (Lipinski definition) is 7. The predicted molar refractivity (Wildman–Crippen MR) is 121 cm³/mol. The largest absolute Gasteiger partial charge is 0.332 e. The van der Waals surface area contributed by atoms with Crippen molar-refractivity contribution in [3.63, 3.8) is 0 Å². The van der Waals surface area contributed by atoms with Gasteiger partial charge in [0.15, 0.2) is 5.13 Å². The minimum absolute atomic E-state index is 0.0393. The molecule has 1 saturated heterocycles. The van der Waals surface area contributed by atoms with Gasteiger partial charge in [-0.2, -0.15) is 4.31 Å². The highest BCUT2D eigenvalue weighted by Gasteiger charge is 2.25. The van der Waals surface area contributed by atoms with Gasteiger partial charge in [0.1, 0.15) is 0 Å². The first kappa shape index (κ1) is 21.9.